The van der Waals surface area contributed by atoms with Crippen molar-refractivity contribution in [2.75, 3.05) is 4.90 Å². The average molecular weight is 708 g/mol. The Hall–Kier alpha value is -6.64. The number of benzene rings is 7. The lowest BCUT2D eigenvalue weighted by atomic mass is 9.83. The van der Waals surface area contributed by atoms with Gasteiger partial charge < -0.3 is 9.32 Å². The van der Waals surface area contributed by atoms with E-state index in [9.17, 15) is 0 Å². The Bertz CT molecular complexity index is 2830. The molecule has 2 nitrogen and oxygen atoms in total. The summed E-state index contributed by atoms with van der Waals surface area (Å²) in [7, 11) is 0. The monoisotopic (exact) mass is 707 g/mol. The SMILES string of the molecule is CC1C=CC=C(c2cccc3cccc(C4=CC=CCC4N(c4ccc(-c5ccccc5)cc4)c4cccc(-c5ccc6c(c5)oc5ccccc56)c4)c23)C1. The maximum atomic E-state index is 6.33. The van der Waals surface area contributed by atoms with Crippen molar-refractivity contribution >= 4 is 55.2 Å². The first-order valence-electron chi connectivity index (χ1n) is 19.4. The minimum atomic E-state index is 0.0542. The standard InChI is InChI=1S/C53H41NO/c1-36-13-9-19-42(33-36)45-23-11-16-39-17-12-24-49(53(39)45)46-21-5-7-25-50(46)54(43-30-27-38(28-31-43)37-14-3-2-4-15-37)44-20-10-18-40(34-44)41-29-32-48-47-22-6-8-26-51(47)55-52(48)35-41/h2-24,26-32,34-36,50H,25,33H2,1H3. The summed E-state index contributed by atoms with van der Waals surface area (Å²) in [6, 6.07) is 57.4. The van der Waals surface area contributed by atoms with Gasteiger partial charge in [-0.2, -0.15) is 0 Å². The van der Waals surface area contributed by atoms with Crippen LogP contribution in [-0.4, -0.2) is 6.04 Å². The molecular weight excluding hydrogens is 667 g/mol. The van der Waals surface area contributed by atoms with E-state index in [1.165, 1.54) is 44.2 Å². The van der Waals surface area contributed by atoms with Gasteiger partial charge in [-0.1, -0.05) is 159 Å². The van der Waals surface area contributed by atoms with Gasteiger partial charge in [-0.3, -0.25) is 0 Å². The molecule has 10 rings (SSSR count). The highest BCUT2D eigenvalue weighted by Crippen LogP contribution is 2.43. The van der Waals surface area contributed by atoms with E-state index in [2.05, 4.69) is 194 Å². The second-order valence-electron chi connectivity index (χ2n) is 14.9. The number of furan rings is 1. The molecular formula is C53H41NO. The predicted molar refractivity (Wildman–Crippen MR) is 234 cm³/mol. The molecule has 2 unspecified atom stereocenters. The van der Waals surface area contributed by atoms with E-state index in [4.69, 9.17) is 4.42 Å². The Balaban J connectivity index is 1.12. The molecule has 0 saturated heterocycles. The number of hydrogen-bond acceptors (Lipinski definition) is 2. The van der Waals surface area contributed by atoms with Crippen LogP contribution in [0.25, 0.3) is 66.1 Å². The van der Waals surface area contributed by atoms with E-state index in [1.807, 2.05) is 12.1 Å². The van der Waals surface area contributed by atoms with Gasteiger partial charge in [0, 0.05) is 22.1 Å². The lowest BCUT2D eigenvalue weighted by Crippen LogP contribution is -2.33. The van der Waals surface area contributed by atoms with Gasteiger partial charge in [-0.15, -0.1) is 0 Å². The first-order chi connectivity index (χ1) is 27.2. The van der Waals surface area contributed by atoms with Crippen LogP contribution >= 0.6 is 0 Å². The predicted octanol–water partition coefficient (Wildman–Crippen LogP) is 14.6. The van der Waals surface area contributed by atoms with E-state index < -0.39 is 0 Å². The summed E-state index contributed by atoms with van der Waals surface area (Å²) < 4.78 is 6.33. The second kappa shape index (κ2) is 14.0. The maximum Gasteiger partial charge on any atom is 0.136 e. The zero-order valence-corrected chi connectivity index (χ0v) is 30.9. The molecule has 0 N–H and O–H groups in total. The second-order valence-corrected chi connectivity index (χ2v) is 14.9. The van der Waals surface area contributed by atoms with Crippen molar-refractivity contribution in [3.63, 3.8) is 0 Å². The van der Waals surface area contributed by atoms with Gasteiger partial charge in [0.1, 0.15) is 11.2 Å². The molecule has 0 bridgehead atoms. The van der Waals surface area contributed by atoms with Crippen LogP contribution in [0.2, 0.25) is 0 Å². The van der Waals surface area contributed by atoms with Crippen molar-refractivity contribution in [3.05, 3.63) is 205 Å². The molecule has 0 fully saturated rings. The Morgan fingerprint density at radius 2 is 1.25 bits per heavy atom. The summed E-state index contributed by atoms with van der Waals surface area (Å²) >= 11 is 0. The smallest absolute Gasteiger partial charge is 0.136 e. The quantitative estimate of drug-likeness (QED) is 0.164. The zero-order chi connectivity index (χ0) is 36.7. The Labute approximate surface area is 322 Å². The van der Waals surface area contributed by atoms with Crippen LogP contribution in [0.3, 0.4) is 0 Å². The van der Waals surface area contributed by atoms with Gasteiger partial charge >= 0.3 is 0 Å². The third-order valence-corrected chi connectivity index (χ3v) is 11.4. The fourth-order valence-electron chi connectivity index (χ4n) is 8.72. The van der Waals surface area contributed by atoms with Crippen molar-refractivity contribution in [2.45, 2.75) is 25.8 Å². The molecule has 0 aliphatic heterocycles. The Kier molecular flexibility index (Phi) is 8.37. The number of hydrogen-bond donors (Lipinski definition) is 0. The molecule has 0 spiro atoms. The molecule has 2 aliphatic carbocycles. The largest absolute Gasteiger partial charge is 0.456 e. The number of para-hydroxylation sites is 1. The van der Waals surface area contributed by atoms with E-state index in [1.54, 1.807) is 0 Å². The van der Waals surface area contributed by atoms with Crippen LogP contribution in [0.1, 0.15) is 30.9 Å². The summed E-state index contributed by atoms with van der Waals surface area (Å²) in [5.74, 6) is 0.515. The number of nitrogens with zero attached hydrogens (tertiary/aromatic N) is 1. The minimum Gasteiger partial charge on any atom is -0.456 e. The van der Waals surface area contributed by atoms with E-state index in [0.29, 0.717) is 5.92 Å². The number of anilines is 2. The van der Waals surface area contributed by atoms with Crippen LogP contribution in [0.4, 0.5) is 11.4 Å². The molecule has 264 valence electrons. The van der Waals surface area contributed by atoms with Crippen molar-refractivity contribution in [3.8, 4) is 22.3 Å². The van der Waals surface area contributed by atoms with Crippen molar-refractivity contribution in [1.29, 1.82) is 0 Å². The molecule has 0 amide bonds. The van der Waals surface area contributed by atoms with Crippen LogP contribution in [0.5, 0.6) is 0 Å². The lowest BCUT2D eigenvalue weighted by Gasteiger charge is -2.37. The van der Waals surface area contributed by atoms with Crippen molar-refractivity contribution < 1.29 is 4.42 Å². The van der Waals surface area contributed by atoms with Gasteiger partial charge in [-0.25, -0.2) is 0 Å². The van der Waals surface area contributed by atoms with Crippen molar-refractivity contribution in [2.24, 2.45) is 5.92 Å². The van der Waals surface area contributed by atoms with Crippen LogP contribution in [0, 0.1) is 5.92 Å². The fourth-order valence-corrected chi connectivity index (χ4v) is 8.72. The molecule has 0 saturated carbocycles. The topological polar surface area (TPSA) is 16.4 Å². The van der Waals surface area contributed by atoms with Crippen molar-refractivity contribution in [1.82, 2.24) is 0 Å². The van der Waals surface area contributed by atoms with Gasteiger partial charge in [0.05, 0.1) is 6.04 Å². The summed E-state index contributed by atoms with van der Waals surface area (Å²) in [4.78, 5) is 2.56. The third-order valence-electron chi connectivity index (χ3n) is 11.4. The van der Waals surface area contributed by atoms with Gasteiger partial charge in [0.2, 0.25) is 0 Å². The first-order valence-corrected chi connectivity index (χ1v) is 19.4. The molecule has 8 aromatic rings. The van der Waals surface area contributed by atoms with Crippen LogP contribution in [-0.2, 0) is 0 Å². The molecule has 2 heteroatoms. The molecule has 55 heavy (non-hydrogen) atoms. The highest BCUT2D eigenvalue weighted by Gasteiger charge is 2.28. The molecule has 2 aliphatic rings. The summed E-state index contributed by atoms with van der Waals surface area (Å²) in [5.41, 5.74) is 14.2. The third kappa shape index (κ3) is 6.10. The van der Waals surface area contributed by atoms with Gasteiger partial charge in [0.25, 0.3) is 0 Å². The molecule has 7 aromatic carbocycles. The number of fused-ring (bicyclic) bond motifs is 4. The van der Waals surface area contributed by atoms with E-state index in [0.717, 1.165) is 57.3 Å². The number of allylic oxidation sites excluding steroid dienone is 6. The average Bonchev–Trinajstić information content (AvgIpc) is 3.62. The zero-order valence-electron chi connectivity index (χ0n) is 30.9. The molecule has 1 aromatic heterocycles. The van der Waals surface area contributed by atoms with E-state index >= 15 is 0 Å². The molecule has 2 atom stereocenters. The molecule has 0 radical (unpaired) electrons. The Morgan fingerprint density at radius 3 is 2.11 bits per heavy atom. The minimum absolute atomic E-state index is 0.0542. The highest BCUT2D eigenvalue weighted by atomic mass is 16.3. The Morgan fingerprint density at radius 1 is 0.545 bits per heavy atom. The summed E-state index contributed by atoms with van der Waals surface area (Å²) in [5, 5.41) is 4.89. The summed E-state index contributed by atoms with van der Waals surface area (Å²) in [6.45, 7) is 2.31. The van der Waals surface area contributed by atoms with Gasteiger partial charge in [-0.05, 0) is 117 Å². The summed E-state index contributed by atoms with van der Waals surface area (Å²) in [6.07, 6.45) is 15.7. The van der Waals surface area contributed by atoms with Gasteiger partial charge in [0.15, 0.2) is 0 Å². The first kappa shape index (κ1) is 33.0. The van der Waals surface area contributed by atoms with Crippen LogP contribution in [0.15, 0.2) is 199 Å². The van der Waals surface area contributed by atoms with Crippen LogP contribution < -0.4 is 4.90 Å². The fraction of sp³-hybridized carbons (Fsp3) is 0.0943. The lowest BCUT2D eigenvalue weighted by molar-refractivity contribution is 0.669. The highest BCUT2D eigenvalue weighted by molar-refractivity contribution is 6.06. The van der Waals surface area contributed by atoms with E-state index in [-0.39, 0.29) is 6.04 Å². The number of rotatable bonds is 7. The normalized spacial score (nSPS) is 16.7. The molecule has 1 heterocycles. The maximum absolute atomic E-state index is 6.33.